The lowest BCUT2D eigenvalue weighted by molar-refractivity contribution is 0.313. The molecule has 234 valence electrons. The molecule has 2 aromatic carbocycles. The van der Waals surface area contributed by atoms with E-state index >= 15 is 0 Å². The lowest BCUT2D eigenvalue weighted by atomic mass is 9.94. The summed E-state index contributed by atoms with van der Waals surface area (Å²) in [4.78, 5) is 13.9. The highest BCUT2D eigenvalue weighted by atomic mass is 35.5. The lowest BCUT2D eigenvalue weighted by Gasteiger charge is -2.34. The largest absolute Gasteiger partial charge is 0.437 e. The summed E-state index contributed by atoms with van der Waals surface area (Å²) in [6, 6.07) is 13.8. The maximum Gasteiger partial charge on any atom is 0.267 e. The summed E-state index contributed by atoms with van der Waals surface area (Å²) in [5.41, 5.74) is 4.30. The standard InChI is InChI=1S/C32H40ClN7O3S/c1-6-25-30(26-11-8-7-10-23(26)15-14-22(2)3)35-32(37-44(41,42)24-20-34-39(5)21-24)36-31(25)43-28-13-9-12-27(29(28)33)40-18-16-38(4)17-19-40/h7-13,20-22H,6,14-19H2,1-5H3,(H,35,36,37). The molecule has 0 spiro atoms. The van der Waals surface area contributed by atoms with Crippen molar-refractivity contribution in [2.45, 2.75) is 44.9 Å². The summed E-state index contributed by atoms with van der Waals surface area (Å²) in [7, 11) is -0.251. The summed E-state index contributed by atoms with van der Waals surface area (Å²) in [5.74, 6) is 1.12. The van der Waals surface area contributed by atoms with Crippen molar-refractivity contribution in [3.8, 4) is 22.9 Å². The Morgan fingerprint density at radius 2 is 1.77 bits per heavy atom. The number of nitrogens with one attached hydrogen (secondary N) is 1. The van der Waals surface area contributed by atoms with Crippen molar-refractivity contribution in [3.63, 3.8) is 0 Å². The molecule has 0 atom stereocenters. The molecule has 4 aromatic rings. The summed E-state index contributed by atoms with van der Waals surface area (Å²) >= 11 is 6.96. The van der Waals surface area contributed by atoms with Gasteiger partial charge in [-0.3, -0.25) is 4.68 Å². The van der Waals surface area contributed by atoms with Gasteiger partial charge >= 0.3 is 0 Å². The first-order valence-electron chi connectivity index (χ1n) is 15.0. The topological polar surface area (TPSA) is 105 Å². The number of anilines is 2. The van der Waals surface area contributed by atoms with Crippen molar-refractivity contribution in [2.75, 3.05) is 42.8 Å². The smallest absolute Gasteiger partial charge is 0.267 e. The van der Waals surface area contributed by atoms with Gasteiger partial charge in [0, 0.05) is 50.6 Å². The molecule has 1 saturated heterocycles. The highest BCUT2D eigenvalue weighted by Crippen LogP contribution is 2.40. The molecular weight excluding hydrogens is 598 g/mol. The van der Waals surface area contributed by atoms with Gasteiger partial charge in [-0.1, -0.05) is 62.7 Å². The Kier molecular flexibility index (Phi) is 9.77. The number of aryl methyl sites for hydroxylation is 2. The first-order valence-corrected chi connectivity index (χ1v) is 16.8. The van der Waals surface area contributed by atoms with Gasteiger partial charge in [0.05, 0.1) is 17.6 Å². The van der Waals surface area contributed by atoms with E-state index < -0.39 is 10.0 Å². The monoisotopic (exact) mass is 637 g/mol. The van der Waals surface area contributed by atoms with E-state index in [-0.39, 0.29) is 16.7 Å². The fourth-order valence-electron chi connectivity index (χ4n) is 5.24. The average Bonchev–Trinajstić information content (AvgIpc) is 3.45. The third-order valence-corrected chi connectivity index (χ3v) is 9.46. The number of likely N-dealkylation sites (N-methyl/N-ethyl adjacent to an activating group) is 1. The van der Waals surface area contributed by atoms with Crippen LogP contribution < -0.4 is 14.4 Å². The van der Waals surface area contributed by atoms with Gasteiger partial charge in [0.1, 0.15) is 15.7 Å². The van der Waals surface area contributed by atoms with Gasteiger partial charge in [0.15, 0.2) is 0 Å². The van der Waals surface area contributed by atoms with Crippen molar-refractivity contribution >= 4 is 33.3 Å². The van der Waals surface area contributed by atoms with Gasteiger partial charge in [0.25, 0.3) is 10.0 Å². The third-order valence-electron chi connectivity index (χ3n) is 7.80. The molecule has 1 aliphatic heterocycles. The van der Waals surface area contributed by atoms with Crippen molar-refractivity contribution < 1.29 is 13.2 Å². The number of ether oxygens (including phenoxy) is 1. The molecule has 10 nitrogen and oxygen atoms in total. The predicted molar refractivity (Wildman–Crippen MR) is 175 cm³/mol. The molecule has 5 rings (SSSR count). The molecule has 3 heterocycles. The van der Waals surface area contributed by atoms with Crippen LogP contribution in [0, 0.1) is 5.92 Å². The number of piperazine rings is 1. The summed E-state index contributed by atoms with van der Waals surface area (Å²) < 4.78 is 37.1. The van der Waals surface area contributed by atoms with Gasteiger partial charge in [-0.25, -0.2) is 18.1 Å². The number of benzene rings is 2. The molecule has 44 heavy (non-hydrogen) atoms. The van der Waals surface area contributed by atoms with Gasteiger partial charge in [-0.2, -0.15) is 10.1 Å². The quantitative estimate of drug-likeness (QED) is 0.213. The number of aromatic nitrogens is 4. The van der Waals surface area contributed by atoms with Crippen LogP contribution in [0.5, 0.6) is 11.6 Å². The van der Waals surface area contributed by atoms with Crippen LogP contribution in [0.25, 0.3) is 11.3 Å². The molecule has 0 aliphatic carbocycles. The number of hydrogen-bond donors (Lipinski definition) is 1. The van der Waals surface area contributed by atoms with Gasteiger partial charge in [-0.15, -0.1) is 0 Å². The Morgan fingerprint density at radius 3 is 2.45 bits per heavy atom. The van der Waals surface area contributed by atoms with E-state index in [2.05, 4.69) is 51.6 Å². The Bertz CT molecular complexity index is 1720. The van der Waals surface area contributed by atoms with Crippen LogP contribution in [0.1, 0.15) is 38.3 Å². The van der Waals surface area contributed by atoms with E-state index in [0.29, 0.717) is 28.8 Å². The maximum absolute atomic E-state index is 13.3. The second-order valence-electron chi connectivity index (χ2n) is 11.6. The van der Waals surface area contributed by atoms with Crippen LogP contribution in [-0.4, -0.2) is 66.3 Å². The molecule has 0 unspecified atom stereocenters. The molecule has 1 fully saturated rings. The minimum absolute atomic E-state index is 0.00689. The molecule has 0 amide bonds. The van der Waals surface area contributed by atoms with E-state index in [9.17, 15) is 8.42 Å². The number of nitrogens with zero attached hydrogens (tertiary/aromatic N) is 6. The second kappa shape index (κ2) is 13.5. The van der Waals surface area contributed by atoms with Crippen molar-refractivity contribution in [1.82, 2.24) is 24.6 Å². The Morgan fingerprint density at radius 1 is 1.02 bits per heavy atom. The van der Waals surface area contributed by atoms with Crippen LogP contribution in [0.4, 0.5) is 11.6 Å². The second-order valence-corrected chi connectivity index (χ2v) is 13.6. The summed E-state index contributed by atoms with van der Waals surface area (Å²) in [6.45, 7) is 9.98. The minimum atomic E-state index is -4.02. The molecule has 0 radical (unpaired) electrons. The van der Waals surface area contributed by atoms with Gasteiger partial charge in [-0.05, 0) is 49.9 Å². The van der Waals surface area contributed by atoms with Crippen LogP contribution in [0.3, 0.4) is 0 Å². The molecule has 2 aromatic heterocycles. The van der Waals surface area contributed by atoms with Crippen LogP contribution >= 0.6 is 11.6 Å². The number of halogens is 1. The zero-order valence-electron chi connectivity index (χ0n) is 25.9. The fraction of sp³-hybridized carbons (Fsp3) is 0.406. The van der Waals surface area contributed by atoms with Crippen LogP contribution in [0.15, 0.2) is 59.8 Å². The van der Waals surface area contributed by atoms with E-state index in [1.54, 1.807) is 13.1 Å². The lowest BCUT2D eigenvalue weighted by Crippen LogP contribution is -2.44. The molecule has 12 heteroatoms. The van der Waals surface area contributed by atoms with Gasteiger partial charge in [0.2, 0.25) is 11.8 Å². The van der Waals surface area contributed by atoms with E-state index in [4.69, 9.17) is 21.3 Å². The van der Waals surface area contributed by atoms with Crippen molar-refractivity contribution in [1.29, 1.82) is 0 Å². The molecule has 0 bridgehead atoms. The van der Waals surface area contributed by atoms with Crippen LogP contribution in [0.2, 0.25) is 5.02 Å². The number of sulfonamides is 1. The highest BCUT2D eigenvalue weighted by Gasteiger charge is 2.25. The fourth-order valence-corrected chi connectivity index (χ4v) is 6.45. The van der Waals surface area contributed by atoms with Crippen molar-refractivity contribution in [2.24, 2.45) is 13.0 Å². The maximum atomic E-state index is 13.3. The van der Waals surface area contributed by atoms with Gasteiger partial charge < -0.3 is 14.5 Å². The van der Waals surface area contributed by atoms with Crippen molar-refractivity contribution in [3.05, 3.63) is 71.0 Å². The highest BCUT2D eigenvalue weighted by molar-refractivity contribution is 7.92. The van der Waals surface area contributed by atoms with Crippen LogP contribution in [-0.2, 0) is 29.9 Å². The zero-order valence-corrected chi connectivity index (χ0v) is 27.5. The summed E-state index contributed by atoms with van der Waals surface area (Å²) in [6.07, 6.45) is 5.11. The summed E-state index contributed by atoms with van der Waals surface area (Å²) in [5, 5.41) is 4.49. The number of hydrogen-bond acceptors (Lipinski definition) is 8. The molecule has 1 N–H and O–H groups in total. The average molecular weight is 638 g/mol. The first-order chi connectivity index (χ1) is 21.1. The number of rotatable bonds is 11. The van der Waals surface area contributed by atoms with E-state index in [1.165, 1.54) is 17.1 Å². The zero-order chi connectivity index (χ0) is 31.4. The predicted octanol–water partition coefficient (Wildman–Crippen LogP) is 6.03. The Labute approximate surface area is 265 Å². The Balaban J connectivity index is 1.61. The minimum Gasteiger partial charge on any atom is -0.437 e. The van der Waals surface area contributed by atoms with E-state index in [1.807, 2.05) is 37.3 Å². The molecule has 0 saturated carbocycles. The Hall–Kier alpha value is -3.67. The van der Waals surface area contributed by atoms with E-state index in [0.717, 1.165) is 61.4 Å². The molecule has 1 aliphatic rings. The SMILES string of the molecule is CCc1c(Oc2cccc(N3CCN(C)CC3)c2Cl)nc(NS(=O)(=O)c2cnn(C)c2)nc1-c1ccccc1CCC(C)C. The molecular formula is C32H40ClN7O3S. The first kappa shape index (κ1) is 31.7. The normalized spacial score (nSPS) is 14.3. The third kappa shape index (κ3) is 7.17.